The molecular weight excluding hydrogens is 381 g/mol. The average Bonchev–Trinajstić information content (AvgIpc) is 2.67. The predicted molar refractivity (Wildman–Crippen MR) is 117 cm³/mol. The van der Waals surface area contributed by atoms with Crippen molar-refractivity contribution in [2.24, 2.45) is 11.8 Å². The van der Waals surface area contributed by atoms with E-state index < -0.39 is 6.10 Å². The maximum absolute atomic E-state index is 13.0. The van der Waals surface area contributed by atoms with Gasteiger partial charge in [0.1, 0.15) is 5.82 Å². The Bertz CT molecular complexity index is 689. The minimum Gasteiger partial charge on any atom is -0.390 e. The standard InChI is InChI=1S/C24H38FN3O2/c1-24(2,3)27-23(30)22-12-18-6-4-5-7-19(18)15-28(22)16-21(29)14-26-13-17-8-10-20(25)11-9-17/h8-11,18-19,21-22,26,29H,4-7,12-16H2,1-3H3,(H,27,30)/t18-,19+,21+,22-/m0/s1. The van der Waals surface area contributed by atoms with Gasteiger partial charge in [-0.25, -0.2) is 4.39 Å². The first-order valence-electron chi connectivity index (χ1n) is 11.4. The SMILES string of the molecule is CC(C)(C)NC(=O)[C@@H]1C[C@@H]2CCCC[C@@H]2CN1C[C@H](O)CNCc1ccc(F)cc1. The fourth-order valence-corrected chi connectivity index (χ4v) is 4.95. The molecule has 1 amide bonds. The molecule has 3 N–H and O–H groups in total. The predicted octanol–water partition coefficient (Wildman–Crippen LogP) is 3.07. The average molecular weight is 420 g/mol. The summed E-state index contributed by atoms with van der Waals surface area (Å²) in [5, 5.41) is 17.1. The zero-order valence-electron chi connectivity index (χ0n) is 18.7. The van der Waals surface area contributed by atoms with Gasteiger partial charge in [-0.1, -0.05) is 31.4 Å². The van der Waals surface area contributed by atoms with Gasteiger partial charge in [0, 0.05) is 31.7 Å². The highest BCUT2D eigenvalue weighted by molar-refractivity contribution is 5.82. The Kier molecular flexibility index (Phi) is 7.88. The summed E-state index contributed by atoms with van der Waals surface area (Å²) < 4.78 is 13.0. The van der Waals surface area contributed by atoms with Crippen LogP contribution in [-0.4, -0.2) is 53.2 Å². The number of hydrogen-bond donors (Lipinski definition) is 3. The number of amides is 1. The van der Waals surface area contributed by atoms with Crippen LogP contribution >= 0.6 is 0 Å². The van der Waals surface area contributed by atoms with Gasteiger partial charge in [0.15, 0.2) is 0 Å². The molecule has 5 nitrogen and oxygen atoms in total. The van der Waals surface area contributed by atoms with Crippen molar-refractivity contribution in [2.45, 2.75) is 77.1 Å². The molecule has 30 heavy (non-hydrogen) atoms. The molecule has 1 saturated heterocycles. The number of nitrogens with one attached hydrogen (secondary N) is 2. The second kappa shape index (κ2) is 10.2. The van der Waals surface area contributed by atoms with Crippen LogP contribution in [-0.2, 0) is 11.3 Å². The van der Waals surface area contributed by atoms with Crippen LogP contribution < -0.4 is 10.6 Å². The molecule has 0 aromatic heterocycles. The number of carbonyl (C=O) groups excluding carboxylic acids is 1. The van der Waals surface area contributed by atoms with Crippen molar-refractivity contribution in [1.29, 1.82) is 0 Å². The van der Waals surface area contributed by atoms with Gasteiger partial charge < -0.3 is 15.7 Å². The first kappa shape index (κ1) is 23.2. The highest BCUT2D eigenvalue weighted by Gasteiger charge is 2.40. The van der Waals surface area contributed by atoms with Crippen molar-refractivity contribution in [1.82, 2.24) is 15.5 Å². The summed E-state index contributed by atoms with van der Waals surface area (Å²) >= 11 is 0. The van der Waals surface area contributed by atoms with Gasteiger partial charge in [0.05, 0.1) is 12.1 Å². The topological polar surface area (TPSA) is 64.6 Å². The van der Waals surface area contributed by atoms with Crippen LogP contribution in [0.25, 0.3) is 0 Å². The number of nitrogens with zero attached hydrogens (tertiary/aromatic N) is 1. The summed E-state index contributed by atoms with van der Waals surface area (Å²) in [5.74, 6) is 1.10. The highest BCUT2D eigenvalue weighted by Crippen LogP contribution is 2.38. The number of hydrogen-bond acceptors (Lipinski definition) is 4. The van der Waals surface area contributed by atoms with Crippen molar-refractivity contribution in [3.8, 4) is 0 Å². The number of rotatable bonds is 7. The number of halogens is 1. The first-order valence-corrected chi connectivity index (χ1v) is 11.4. The van der Waals surface area contributed by atoms with E-state index in [9.17, 15) is 14.3 Å². The van der Waals surface area contributed by atoms with Gasteiger partial charge in [-0.15, -0.1) is 0 Å². The number of likely N-dealkylation sites (tertiary alicyclic amines) is 1. The summed E-state index contributed by atoms with van der Waals surface area (Å²) in [7, 11) is 0. The smallest absolute Gasteiger partial charge is 0.237 e. The first-order chi connectivity index (χ1) is 14.2. The van der Waals surface area contributed by atoms with E-state index >= 15 is 0 Å². The quantitative estimate of drug-likeness (QED) is 0.636. The molecule has 168 valence electrons. The number of aliphatic hydroxyl groups is 1. The minimum atomic E-state index is -0.560. The number of piperidine rings is 1. The van der Waals surface area contributed by atoms with Crippen LogP contribution in [0.5, 0.6) is 0 Å². The number of β-amino-alcohol motifs (C(OH)–C–C–N with tert-alkyl or cyclic N) is 1. The normalized spacial score (nSPS) is 26.1. The van der Waals surface area contributed by atoms with Crippen molar-refractivity contribution in [3.63, 3.8) is 0 Å². The third-order valence-electron chi connectivity index (χ3n) is 6.37. The Morgan fingerprint density at radius 3 is 2.53 bits per heavy atom. The lowest BCUT2D eigenvalue weighted by Gasteiger charge is -2.46. The Balaban J connectivity index is 1.56. The van der Waals surface area contributed by atoms with E-state index in [1.165, 1.54) is 37.8 Å². The zero-order chi connectivity index (χ0) is 21.7. The third-order valence-corrected chi connectivity index (χ3v) is 6.37. The van der Waals surface area contributed by atoms with E-state index in [2.05, 4.69) is 15.5 Å². The highest BCUT2D eigenvalue weighted by atomic mass is 19.1. The monoisotopic (exact) mass is 419 g/mol. The summed E-state index contributed by atoms with van der Waals surface area (Å²) in [6.45, 7) is 8.43. The summed E-state index contributed by atoms with van der Waals surface area (Å²) in [6, 6.07) is 6.21. The number of fused-ring (bicyclic) bond motifs is 1. The molecule has 0 unspecified atom stereocenters. The Hall–Kier alpha value is -1.50. The molecule has 1 aromatic carbocycles. The van der Waals surface area contributed by atoms with Crippen molar-refractivity contribution < 1.29 is 14.3 Å². The van der Waals surface area contributed by atoms with Crippen molar-refractivity contribution in [3.05, 3.63) is 35.6 Å². The van der Waals surface area contributed by atoms with Gasteiger partial charge in [0.2, 0.25) is 5.91 Å². The van der Waals surface area contributed by atoms with Gasteiger partial charge in [-0.2, -0.15) is 0 Å². The molecular formula is C24H38FN3O2. The molecule has 6 heteroatoms. The largest absolute Gasteiger partial charge is 0.390 e. The molecule has 1 aliphatic carbocycles. The fourth-order valence-electron chi connectivity index (χ4n) is 4.95. The molecule has 1 heterocycles. The van der Waals surface area contributed by atoms with Gasteiger partial charge in [-0.3, -0.25) is 9.69 Å². The zero-order valence-corrected chi connectivity index (χ0v) is 18.7. The molecule has 2 aliphatic rings. The van der Waals surface area contributed by atoms with Gasteiger partial charge >= 0.3 is 0 Å². The lowest BCUT2D eigenvalue weighted by Crippen LogP contribution is -2.59. The molecule has 0 spiro atoms. The molecule has 2 fully saturated rings. The second-order valence-corrected chi connectivity index (χ2v) is 10.2. The molecule has 1 saturated carbocycles. The van der Waals surface area contributed by atoms with Crippen molar-refractivity contribution >= 4 is 5.91 Å². The van der Waals surface area contributed by atoms with E-state index in [0.29, 0.717) is 31.5 Å². The van der Waals surface area contributed by atoms with E-state index in [1.54, 1.807) is 12.1 Å². The number of carbonyl (C=O) groups is 1. The molecule has 3 rings (SSSR count). The summed E-state index contributed by atoms with van der Waals surface area (Å²) in [4.78, 5) is 15.2. The van der Waals surface area contributed by atoms with Crippen LogP contribution in [0.3, 0.4) is 0 Å². The Morgan fingerprint density at radius 2 is 1.87 bits per heavy atom. The lowest BCUT2D eigenvalue weighted by atomic mass is 9.72. The Labute approximate surface area is 180 Å². The number of benzene rings is 1. The molecule has 1 aromatic rings. The molecule has 1 aliphatic heterocycles. The summed E-state index contributed by atoms with van der Waals surface area (Å²) in [5.41, 5.74) is 0.718. The third kappa shape index (κ3) is 6.76. The van der Waals surface area contributed by atoms with E-state index in [0.717, 1.165) is 18.5 Å². The number of aliphatic hydroxyl groups excluding tert-OH is 1. The van der Waals surface area contributed by atoms with Crippen LogP contribution in [0.2, 0.25) is 0 Å². The lowest BCUT2D eigenvalue weighted by molar-refractivity contribution is -0.132. The van der Waals surface area contributed by atoms with E-state index in [4.69, 9.17) is 0 Å². The second-order valence-electron chi connectivity index (χ2n) is 10.2. The van der Waals surface area contributed by atoms with E-state index in [1.807, 2.05) is 20.8 Å². The maximum atomic E-state index is 13.0. The Morgan fingerprint density at radius 1 is 1.20 bits per heavy atom. The van der Waals surface area contributed by atoms with Crippen LogP contribution in [0.4, 0.5) is 4.39 Å². The molecule has 0 radical (unpaired) electrons. The van der Waals surface area contributed by atoms with Crippen LogP contribution in [0.15, 0.2) is 24.3 Å². The maximum Gasteiger partial charge on any atom is 0.237 e. The molecule has 4 atom stereocenters. The molecule has 0 bridgehead atoms. The van der Waals surface area contributed by atoms with Crippen molar-refractivity contribution in [2.75, 3.05) is 19.6 Å². The van der Waals surface area contributed by atoms with Crippen LogP contribution in [0.1, 0.15) is 58.4 Å². The van der Waals surface area contributed by atoms with Gasteiger partial charge in [0.25, 0.3) is 0 Å². The summed E-state index contributed by atoms with van der Waals surface area (Å²) in [6.07, 6.45) is 5.33. The fraction of sp³-hybridized carbons (Fsp3) is 0.708. The van der Waals surface area contributed by atoms with Gasteiger partial charge in [-0.05, 0) is 63.1 Å². The minimum absolute atomic E-state index is 0.0815. The van der Waals surface area contributed by atoms with Crippen LogP contribution in [0, 0.1) is 17.7 Å². The van der Waals surface area contributed by atoms with E-state index in [-0.39, 0.29) is 23.3 Å².